The minimum atomic E-state index is -0.228. The molecule has 0 atom stereocenters. The second-order valence-electron chi connectivity index (χ2n) is 6.24. The first-order chi connectivity index (χ1) is 10.6. The summed E-state index contributed by atoms with van der Waals surface area (Å²) in [7, 11) is 0. The van der Waals surface area contributed by atoms with Crippen molar-refractivity contribution in [2.45, 2.75) is 32.2 Å². The first kappa shape index (κ1) is 14.8. The van der Waals surface area contributed by atoms with Crippen LogP contribution in [0.2, 0.25) is 0 Å². The summed E-state index contributed by atoms with van der Waals surface area (Å²) in [5, 5.41) is 6.75. The minimum Gasteiger partial charge on any atom is -0.461 e. The van der Waals surface area contributed by atoms with Crippen LogP contribution in [-0.4, -0.2) is 41.1 Å². The lowest BCUT2D eigenvalue weighted by Crippen LogP contribution is -2.50. The Morgan fingerprint density at radius 3 is 2.82 bits per heavy atom. The Hall–Kier alpha value is -2.08. The number of hydrogen-bond donors (Lipinski definition) is 1. The highest BCUT2D eigenvalue weighted by atomic mass is 16.5. The van der Waals surface area contributed by atoms with E-state index in [1.54, 1.807) is 24.5 Å². The van der Waals surface area contributed by atoms with Crippen LogP contribution in [0.5, 0.6) is 0 Å². The third-order valence-corrected chi connectivity index (χ3v) is 4.15. The van der Waals surface area contributed by atoms with Gasteiger partial charge in [0.25, 0.3) is 5.91 Å². The summed E-state index contributed by atoms with van der Waals surface area (Å²) in [5.41, 5.74) is 0.211. The largest absolute Gasteiger partial charge is 0.461 e. The average Bonchev–Trinajstić information content (AvgIpc) is 3.26. The van der Waals surface area contributed by atoms with Crippen molar-refractivity contribution >= 4 is 5.91 Å². The van der Waals surface area contributed by atoms with Crippen molar-refractivity contribution in [2.24, 2.45) is 0 Å². The van der Waals surface area contributed by atoms with E-state index in [9.17, 15) is 4.79 Å². The number of aromatic nitrogens is 1. The van der Waals surface area contributed by atoms with E-state index in [2.05, 4.69) is 29.2 Å². The van der Waals surface area contributed by atoms with E-state index in [0.717, 1.165) is 13.1 Å². The Balaban J connectivity index is 1.60. The highest BCUT2D eigenvalue weighted by Crippen LogP contribution is 2.22. The molecule has 2 aromatic rings. The molecule has 6 heteroatoms. The van der Waals surface area contributed by atoms with Crippen molar-refractivity contribution in [2.75, 3.05) is 19.6 Å². The molecule has 1 fully saturated rings. The molecular weight excluding hydrogens is 282 g/mol. The number of furan rings is 1. The lowest BCUT2D eigenvalue weighted by atomic mass is 10.0. The van der Waals surface area contributed by atoms with Crippen molar-refractivity contribution < 1.29 is 13.7 Å². The molecule has 2 aromatic heterocycles. The van der Waals surface area contributed by atoms with Gasteiger partial charge in [0.2, 0.25) is 5.76 Å². The molecule has 22 heavy (non-hydrogen) atoms. The SMILES string of the molecule is CC(C)(CNC(=O)c1cc(-c2ccco2)on1)N1CCCC1. The van der Waals surface area contributed by atoms with Crippen LogP contribution in [-0.2, 0) is 0 Å². The van der Waals surface area contributed by atoms with Crippen LogP contribution in [0.3, 0.4) is 0 Å². The standard InChI is InChI=1S/C16H21N3O3/c1-16(2,19-7-3-4-8-19)11-17-15(20)12-10-14(22-18-12)13-6-5-9-21-13/h5-6,9-10H,3-4,7-8,11H2,1-2H3,(H,17,20). The fourth-order valence-corrected chi connectivity index (χ4v) is 2.74. The van der Waals surface area contributed by atoms with Gasteiger partial charge in [0.15, 0.2) is 11.5 Å². The van der Waals surface area contributed by atoms with Crippen LogP contribution in [0.4, 0.5) is 0 Å². The van der Waals surface area contributed by atoms with E-state index in [-0.39, 0.29) is 17.1 Å². The number of carbonyl (C=O) groups excluding carboxylic acids is 1. The highest BCUT2D eigenvalue weighted by Gasteiger charge is 2.29. The fraction of sp³-hybridized carbons (Fsp3) is 0.500. The van der Waals surface area contributed by atoms with Gasteiger partial charge in [0.1, 0.15) is 0 Å². The molecule has 0 aromatic carbocycles. The Labute approximate surface area is 129 Å². The smallest absolute Gasteiger partial charge is 0.273 e. The Morgan fingerprint density at radius 1 is 1.36 bits per heavy atom. The molecule has 0 saturated carbocycles. The van der Waals surface area contributed by atoms with Crippen molar-refractivity contribution in [3.63, 3.8) is 0 Å². The molecule has 0 radical (unpaired) electrons. The lowest BCUT2D eigenvalue weighted by molar-refractivity contribution is 0.0893. The van der Waals surface area contributed by atoms with Gasteiger partial charge >= 0.3 is 0 Å². The Bertz CT molecular complexity index is 625. The molecule has 0 aliphatic carbocycles. The zero-order chi connectivity index (χ0) is 15.6. The summed E-state index contributed by atoms with van der Waals surface area (Å²) in [6, 6.07) is 5.12. The van der Waals surface area contributed by atoms with Crippen LogP contribution in [0.1, 0.15) is 37.2 Å². The van der Waals surface area contributed by atoms with Crippen LogP contribution < -0.4 is 5.32 Å². The average molecular weight is 303 g/mol. The van der Waals surface area contributed by atoms with Gasteiger partial charge in [-0.2, -0.15) is 0 Å². The van der Waals surface area contributed by atoms with Crippen molar-refractivity contribution in [3.8, 4) is 11.5 Å². The summed E-state index contributed by atoms with van der Waals surface area (Å²) >= 11 is 0. The first-order valence-electron chi connectivity index (χ1n) is 7.60. The molecule has 3 rings (SSSR count). The van der Waals surface area contributed by atoms with Crippen molar-refractivity contribution in [3.05, 3.63) is 30.2 Å². The highest BCUT2D eigenvalue weighted by molar-refractivity contribution is 5.92. The predicted octanol–water partition coefficient (Wildman–Crippen LogP) is 2.54. The second-order valence-corrected chi connectivity index (χ2v) is 6.24. The molecule has 6 nitrogen and oxygen atoms in total. The number of nitrogens with one attached hydrogen (secondary N) is 1. The number of amides is 1. The lowest BCUT2D eigenvalue weighted by Gasteiger charge is -2.35. The first-order valence-corrected chi connectivity index (χ1v) is 7.60. The van der Waals surface area contributed by atoms with E-state index in [0.29, 0.717) is 18.1 Å². The molecule has 0 bridgehead atoms. The van der Waals surface area contributed by atoms with Gasteiger partial charge in [0, 0.05) is 18.2 Å². The van der Waals surface area contributed by atoms with Gasteiger partial charge < -0.3 is 14.3 Å². The number of likely N-dealkylation sites (tertiary alicyclic amines) is 1. The summed E-state index contributed by atoms with van der Waals surface area (Å²) in [6.07, 6.45) is 4.01. The second kappa shape index (κ2) is 5.96. The maximum atomic E-state index is 12.2. The predicted molar refractivity (Wildman–Crippen MR) is 81.4 cm³/mol. The monoisotopic (exact) mass is 303 g/mol. The summed E-state index contributed by atoms with van der Waals surface area (Å²) in [5.74, 6) is 0.784. The van der Waals surface area contributed by atoms with Crippen LogP contribution in [0, 0.1) is 0 Å². The van der Waals surface area contributed by atoms with Crippen LogP contribution >= 0.6 is 0 Å². The topological polar surface area (TPSA) is 71.5 Å². The van der Waals surface area contributed by atoms with Gasteiger partial charge in [0.05, 0.1) is 6.26 Å². The van der Waals surface area contributed by atoms with Gasteiger partial charge in [-0.05, 0) is 51.9 Å². The molecule has 118 valence electrons. The van der Waals surface area contributed by atoms with Crippen LogP contribution in [0.15, 0.2) is 33.4 Å². The molecule has 1 aliphatic rings. The number of nitrogens with zero attached hydrogens (tertiary/aromatic N) is 2. The van der Waals surface area contributed by atoms with Crippen molar-refractivity contribution in [1.29, 1.82) is 0 Å². The van der Waals surface area contributed by atoms with Gasteiger partial charge in [-0.1, -0.05) is 5.16 Å². The third kappa shape index (κ3) is 3.06. The zero-order valence-corrected chi connectivity index (χ0v) is 13.0. The van der Waals surface area contributed by atoms with Crippen LogP contribution in [0.25, 0.3) is 11.5 Å². The van der Waals surface area contributed by atoms with Gasteiger partial charge in [-0.15, -0.1) is 0 Å². The van der Waals surface area contributed by atoms with Gasteiger partial charge in [-0.3, -0.25) is 9.69 Å². The van der Waals surface area contributed by atoms with Crippen molar-refractivity contribution in [1.82, 2.24) is 15.4 Å². The Morgan fingerprint density at radius 2 is 2.14 bits per heavy atom. The van der Waals surface area contributed by atoms with E-state index in [1.807, 2.05) is 0 Å². The van der Waals surface area contributed by atoms with Gasteiger partial charge in [-0.25, -0.2) is 0 Å². The summed E-state index contributed by atoms with van der Waals surface area (Å²) in [4.78, 5) is 14.6. The molecule has 0 spiro atoms. The quantitative estimate of drug-likeness (QED) is 0.919. The number of carbonyl (C=O) groups is 1. The maximum absolute atomic E-state index is 12.2. The maximum Gasteiger partial charge on any atom is 0.273 e. The zero-order valence-electron chi connectivity index (χ0n) is 13.0. The summed E-state index contributed by atoms with van der Waals surface area (Å²) in [6.45, 7) is 7.06. The number of rotatable bonds is 5. The Kier molecular flexibility index (Phi) is 4.02. The van der Waals surface area contributed by atoms with E-state index in [4.69, 9.17) is 8.94 Å². The molecule has 1 N–H and O–H groups in total. The van der Waals surface area contributed by atoms with E-state index >= 15 is 0 Å². The summed E-state index contributed by atoms with van der Waals surface area (Å²) < 4.78 is 10.4. The fourth-order valence-electron chi connectivity index (χ4n) is 2.74. The molecule has 1 aliphatic heterocycles. The normalized spacial score (nSPS) is 16.1. The third-order valence-electron chi connectivity index (χ3n) is 4.15. The molecule has 1 saturated heterocycles. The molecule has 3 heterocycles. The number of hydrogen-bond acceptors (Lipinski definition) is 5. The molecule has 0 unspecified atom stereocenters. The van der Waals surface area contributed by atoms with E-state index < -0.39 is 0 Å². The van der Waals surface area contributed by atoms with E-state index in [1.165, 1.54) is 12.8 Å². The molecule has 1 amide bonds. The molecular formula is C16H21N3O3. The minimum absolute atomic E-state index is 0.0558.